The van der Waals surface area contributed by atoms with Crippen LogP contribution in [0.3, 0.4) is 0 Å². The summed E-state index contributed by atoms with van der Waals surface area (Å²) in [6.45, 7) is 6.83. The van der Waals surface area contributed by atoms with Gasteiger partial charge in [0.2, 0.25) is 0 Å². The maximum absolute atomic E-state index is 13.8. The first kappa shape index (κ1) is 33.9. The third-order valence-electron chi connectivity index (χ3n) is 7.20. The molecule has 45 heavy (non-hydrogen) atoms. The van der Waals surface area contributed by atoms with Gasteiger partial charge in [-0.15, -0.1) is 0 Å². The van der Waals surface area contributed by atoms with Crippen LogP contribution in [0.4, 0.5) is 23.7 Å². The SMILES string of the molecule is CC(C)(C)OC(=O)Nc1cccc(OCCCNCC(Cc2cccc(C(F)(F)F)c2Cl)(c2ccccc2)c2ccccc2)c1. The van der Waals surface area contributed by atoms with E-state index in [9.17, 15) is 18.0 Å². The van der Waals surface area contributed by atoms with Crippen molar-refractivity contribution < 1.29 is 27.4 Å². The van der Waals surface area contributed by atoms with Crippen LogP contribution >= 0.6 is 11.6 Å². The zero-order valence-corrected chi connectivity index (χ0v) is 26.3. The third kappa shape index (κ3) is 9.49. The maximum Gasteiger partial charge on any atom is 0.417 e. The van der Waals surface area contributed by atoms with Gasteiger partial charge in [0.15, 0.2) is 0 Å². The summed E-state index contributed by atoms with van der Waals surface area (Å²) in [7, 11) is 0. The number of ether oxygens (including phenoxy) is 2. The molecule has 0 spiro atoms. The molecule has 4 aromatic rings. The van der Waals surface area contributed by atoms with Crippen LogP contribution in [-0.2, 0) is 22.7 Å². The van der Waals surface area contributed by atoms with Gasteiger partial charge in [0, 0.05) is 23.7 Å². The lowest BCUT2D eigenvalue weighted by molar-refractivity contribution is -0.137. The second-order valence-corrected chi connectivity index (χ2v) is 12.2. The van der Waals surface area contributed by atoms with Gasteiger partial charge in [0.1, 0.15) is 11.4 Å². The smallest absolute Gasteiger partial charge is 0.417 e. The highest BCUT2D eigenvalue weighted by molar-refractivity contribution is 6.32. The first-order valence-corrected chi connectivity index (χ1v) is 15.1. The molecule has 0 unspecified atom stereocenters. The second-order valence-electron chi connectivity index (χ2n) is 11.8. The fraction of sp³-hybridized carbons (Fsp3) is 0.306. The Morgan fingerprint density at radius 1 is 0.822 bits per heavy atom. The Kier molecular flexibility index (Phi) is 11.2. The monoisotopic (exact) mass is 638 g/mol. The van der Waals surface area contributed by atoms with E-state index >= 15 is 0 Å². The molecule has 0 radical (unpaired) electrons. The van der Waals surface area contributed by atoms with Crippen molar-refractivity contribution in [2.75, 3.05) is 25.0 Å². The van der Waals surface area contributed by atoms with E-state index in [1.54, 1.807) is 45.0 Å². The van der Waals surface area contributed by atoms with Crippen molar-refractivity contribution >= 4 is 23.4 Å². The Morgan fingerprint density at radius 2 is 1.44 bits per heavy atom. The van der Waals surface area contributed by atoms with Crippen LogP contribution in [0.5, 0.6) is 5.75 Å². The molecule has 1 amide bonds. The third-order valence-corrected chi connectivity index (χ3v) is 7.65. The number of carbonyl (C=O) groups is 1. The molecule has 4 rings (SSSR count). The minimum atomic E-state index is -4.56. The normalized spacial score (nSPS) is 12.1. The van der Waals surface area contributed by atoms with Crippen molar-refractivity contribution in [2.24, 2.45) is 0 Å². The van der Waals surface area contributed by atoms with E-state index in [2.05, 4.69) is 10.6 Å². The average Bonchev–Trinajstić information content (AvgIpc) is 2.98. The molecule has 238 valence electrons. The molecule has 0 aromatic heterocycles. The average molecular weight is 639 g/mol. The van der Waals surface area contributed by atoms with Crippen molar-refractivity contribution in [2.45, 2.75) is 50.8 Å². The molecule has 0 aliphatic rings. The van der Waals surface area contributed by atoms with Crippen molar-refractivity contribution in [1.29, 1.82) is 0 Å². The molecule has 0 fully saturated rings. The predicted molar refractivity (Wildman–Crippen MR) is 173 cm³/mol. The van der Waals surface area contributed by atoms with Gasteiger partial charge in [-0.3, -0.25) is 5.32 Å². The quantitative estimate of drug-likeness (QED) is 0.152. The van der Waals surface area contributed by atoms with Crippen LogP contribution in [0, 0.1) is 0 Å². The number of amides is 1. The molecule has 2 N–H and O–H groups in total. The molecule has 0 aliphatic heterocycles. The van der Waals surface area contributed by atoms with Gasteiger partial charge in [0.25, 0.3) is 0 Å². The number of nitrogens with one attached hydrogen (secondary N) is 2. The lowest BCUT2D eigenvalue weighted by Gasteiger charge is -2.36. The van der Waals surface area contributed by atoms with Crippen molar-refractivity contribution in [3.8, 4) is 5.75 Å². The van der Waals surface area contributed by atoms with Crippen LogP contribution in [0.15, 0.2) is 103 Å². The number of benzene rings is 4. The first-order valence-electron chi connectivity index (χ1n) is 14.8. The highest BCUT2D eigenvalue weighted by Gasteiger charge is 2.38. The van der Waals surface area contributed by atoms with Crippen molar-refractivity contribution in [3.05, 3.63) is 130 Å². The Balaban J connectivity index is 1.47. The first-order chi connectivity index (χ1) is 21.4. The zero-order valence-electron chi connectivity index (χ0n) is 25.6. The molecular weight excluding hydrogens is 601 g/mol. The number of anilines is 1. The number of carbonyl (C=O) groups excluding carboxylic acids is 1. The number of rotatable bonds is 12. The molecule has 0 atom stereocenters. The van der Waals surface area contributed by atoms with Crippen LogP contribution in [0.2, 0.25) is 5.02 Å². The fourth-order valence-electron chi connectivity index (χ4n) is 5.19. The van der Waals surface area contributed by atoms with E-state index in [1.807, 2.05) is 66.7 Å². The number of halogens is 4. The van der Waals surface area contributed by atoms with E-state index in [0.717, 1.165) is 17.2 Å². The fourth-order valence-corrected chi connectivity index (χ4v) is 5.49. The largest absolute Gasteiger partial charge is 0.493 e. The highest BCUT2D eigenvalue weighted by Crippen LogP contribution is 2.41. The van der Waals surface area contributed by atoms with Crippen molar-refractivity contribution in [1.82, 2.24) is 5.32 Å². The van der Waals surface area contributed by atoms with Crippen LogP contribution < -0.4 is 15.4 Å². The minimum absolute atomic E-state index is 0.255. The van der Waals surface area contributed by atoms with Gasteiger partial charge in [-0.1, -0.05) is 90.5 Å². The highest BCUT2D eigenvalue weighted by atomic mass is 35.5. The number of hydrogen-bond acceptors (Lipinski definition) is 4. The van der Waals surface area contributed by atoms with Gasteiger partial charge >= 0.3 is 12.3 Å². The molecule has 0 saturated heterocycles. The molecular formula is C36H38ClF3N2O3. The topological polar surface area (TPSA) is 59.6 Å². The Morgan fingerprint density at radius 3 is 2.04 bits per heavy atom. The number of hydrogen-bond donors (Lipinski definition) is 2. The zero-order chi connectivity index (χ0) is 32.5. The number of alkyl halides is 3. The molecule has 5 nitrogen and oxygen atoms in total. The maximum atomic E-state index is 13.8. The predicted octanol–water partition coefficient (Wildman–Crippen LogP) is 9.29. The summed E-state index contributed by atoms with van der Waals surface area (Å²) in [6.07, 6.45) is -4.19. The molecule has 4 aromatic carbocycles. The summed E-state index contributed by atoms with van der Waals surface area (Å²) >= 11 is 6.42. The van der Waals surface area contributed by atoms with Gasteiger partial charge in [0.05, 0.1) is 17.2 Å². The Hall–Kier alpha value is -4.01. The molecule has 0 saturated carbocycles. The second kappa shape index (κ2) is 14.8. The van der Waals surface area contributed by atoms with Gasteiger partial charge in [-0.25, -0.2) is 4.79 Å². The van der Waals surface area contributed by atoms with E-state index in [1.165, 1.54) is 6.07 Å². The summed E-state index contributed by atoms with van der Waals surface area (Å²) in [4.78, 5) is 12.1. The molecule has 0 heterocycles. The van der Waals surface area contributed by atoms with E-state index in [-0.39, 0.29) is 11.4 Å². The lowest BCUT2D eigenvalue weighted by atomic mass is 9.70. The summed E-state index contributed by atoms with van der Waals surface area (Å²) in [5, 5.41) is 5.96. The van der Waals surface area contributed by atoms with E-state index in [0.29, 0.717) is 43.1 Å². The summed E-state index contributed by atoms with van der Waals surface area (Å²) in [6, 6.07) is 30.7. The Bertz CT molecular complexity index is 1500. The summed E-state index contributed by atoms with van der Waals surface area (Å²) in [5.41, 5.74) is 0.743. The van der Waals surface area contributed by atoms with Gasteiger partial charge in [-0.05, 0) is 75.0 Å². The molecule has 9 heteroatoms. The van der Waals surface area contributed by atoms with Gasteiger partial charge in [-0.2, -0.15) is 13.2 Å². The van der Waals surface area contributed by atoms with Crippen LogP contribution in [0.1, 0.15) is 49.4 Å². The minimum Gasteiger partial charge on any atom is -0.493 e. The van der Waals surface area contributed by atoms with E-state index < -0.39 is 28.8 Å². The summed E-state index contributed by atoms with van der Waals surface area (Å²) in [5.74, 6) is 0.602. The van der Waals surface area contributed by atoms with Gasteiger partial charge < -0.3 is 14.8 Å². The standard InChI is InChI=1S/C36H38ClF3N2O3/c1-34(2,3)45-33(43)42-29-18-11-19-30(23-29)44-22-12-21-41-25-35(27-14-6-4-7-15-27,28-16-8-5-9-17-28)24-26-13-10-20-31(32(26)37)36(38,39)40/h4-11,13-20,23,41H,12,21-22,24-25H2,1-3H3,(H,42,43). The molecule has 0 aliphatic carbocycles. The van der Waals surface area contributed by atoms with E-state index in [4.69, 9.17) is 21.1 Å². The van der Waals surface area contributed by atoms with Crippen molar-refractivity contribution in [3.63, 3.8) is 0 Å². The molecule has 0 bridgehead atoms. The lowest BCUT2D eigenvalue weighted by Crippen LogP contribution is -2.42. The van der Waals surface area contributed by atoms with Crippen LogP contribution in [-0.4, -0.2) is 31.4 Å². The Labute approximate surface area is 267 Å². The summed E-state index contributed by atoms with van der Waals surface area (Å²) < 4.78 is 52.5. The van der Waals surface area contributed by atoms with Crippen LogP contribution in [0.25, 0.3) is 0 Å².